The van der Waals surface area contributed by atoms with Gasteiger partial charge in [-0.25, -0.2) is 0 Å². The van der Waals surface area contributed by atoms with Crippen molar-refractivity contribution in [3.63, 3.8) is 0 Å². The highest BCUT2D eigenvalue weighted by Crippen LogP contribution is 2.35. The molecule has 2 fully saturated rings. The van der Waals surface area contributed by atoms with Crippen molar-refractivity contribution >= 4 is 0 Å². The van der Waals surface area contributed by atoms with E-state index in [1.165, 1.54) is 50.9 Å². The Morgan fingerprint density at radius 2 is 2.33 bits per heavy atom. The van der Waals surface area contributed by atoms with Crippen LogP contribution in [0, 0.1) is 5.92 Å². The largest absolute Gasteiger partial charge is 0.472 e. The molecule has 2 unspecified atom stereocenters. The topological polar surface area (TPSA) is 28.4 Å². The summed E-state index contributed by atoms with van der Waals surface area (Å²) in [6, 6.07) is 3.43. The van der Waals surface area contributed by atoms with Gasteiger partial charge in [0.15, 0.2) is 0 Å². The molecule has 0 bridgehead atoms. The fraction of sp³-hybridized carbons (Fsp3) is 0.733. The third-order valence-electron chi connectivity index (χ3n) is 4.41. The Labute approximate surface area is 110 Å². The van der Waals surface area contributed by atoms with Gasteiger partial charge in [-0.2, -0.15) is 0 Å². The number of rotatable bonds is 5. The summed E-state index contributed by atoms with van der Waals surface area (Å²) in [5, 5.41) is 3.53. The maximum Gasteiger partial charge on any atom is 0.0950 e. The van der Waals surface area contributed by atoms with E-state index in [2.05, 4.69) is 23.2 Å². The first kappa shape index (κ1) is 12.2. The van der Waals surface area contributed by atoms with E-state index in [4.69, 9.17) is 4.42 Å². The molecule has 1 saturated heterocycles. The van der Waals surface area contributed by atoms with Crippen LogP contribution in [0.15, 0.2) is 23.0 Å². The molecule has 3 nitrogen and oxygen atoms in total. The first-order chi connectivity index (χ1) is 8.84. The van der Waals surface area contributed by atoms with E-state index in [0.717, 1.165) is 12.0 Å². The Morgan fingerprint density at radius 3 is 2.94 bits per heavy atom. The summed E-state index contributed by atoms with van der Waals surface area (Å²) in [6.45, 7) is 5.96. The lowest BCUT2D eigenvalue weighted by Gasteiger charge is -2.34. The van der Waals surface area contributed by atoms with Gasteiger partial charge in [-0.1, -0.05) is 0 Å². The van der Waals surface area contributed by atoms with Gasteiger partial charge in [0.1, 0.15) is 0 Å². The van der Waals surface area contributed by atoms with Crippen molar-refractivity contribution < 1.29 is 4.42 Å². The van der Waals surface area contributed by atoms with Gasteiger partial charge in [0, 0.05) is 24.2 Å². The predicted octanol–water partition coefficient (Wildman–Crippen LogP) is 2.80. The zero-order valence-corrected chi connectivity index (χ0v) is 11.3. The fourth-order valence-corrected chi connectivity index (χ4v) is 3.11. The van der Waals surface area contributed by atoms with Crippen molar-refractivity contribution in [2.45, 2.75) is 44.7 Å². The van der Waals surface area contributed by atoms with E-state index in [0.29, 0.717) is 6.04 Å². The van der Waals surface area contributed by atoms with Gasteiger partial charge >= 0.3 is 0 Å². The zero-order valence-electron chi connectivity index (χ0n) is 11.3. The summed E-state index contributed by atoms with van der Waals surface area (Å²) in [4.78, 5) is 2.70. The van der Waals surface area contributed by atoms with Gasteiger partial charge in [0.2, 0.25) is 0 Å². The van der Waals surface area contributed by atoms with Gasteiger partial charge < -0.3 is 9.73 Å². The Balaban J connectivity index is 1.64. The SMILES string of the molecule is CC(c1ccoc1)N(CC1CCCNC1)C1CC1. The second-order valence-electron chi connectivity index (χ2n) is 5.87. The van der Waals surface area contributed by atoms with Crippen LogP contribution in [-0.2, 0) is 0 Å². The normalized spacial score (nSPS) is 26.4. The minimum atomic E-state index is 0.498. The highest BCUT2D eigenvalue weighted by atomic mass is 16.3. The zero-order chi connectivity index (χ0) is 12.4. The maximum absolute atomic E-state index is 5.24. The monoisotopic (exact) mass is 248 g/mol. The number of nitrogens with zero attached hydrogens (tertiary/aromatic N) is 1. The van der Waals surface area contributed by atoms with Crippen LogP contribution in [0.3, 0.4) is 0 Å². The molecule has 0 spiro atoms. The van der Waals surface area contributed by atoms with Crippen LogP contribution in [0.4, 0.5) is 0 Å². The minimum absolute atomic E-state index is 0.498. The third-order valence-corrected chi connectivity index (χ3v) is 4.41. The molecule has 3 rings (SSSR count). The van der Waals surface area contributed by atoms with Crippen LogP contribution >= 0.6 is 0 Å². The van der Waals surface area contributed by atoms with Crippen molar-refractivity contribution in [2.24, 2.45) is 5.92 Å². The number of piperidine rings is 1. The molecule has 0 amide bonds. The predicted molar refractivity (Wildman–Crippen MR) is 72.4 cm³/mol. The van der Waals surface area contributed by atoms with Gasteiger partial charge in [-0.05, 0) is 57.7 Å². The van der Waals surface area contributed by atoms with E-state index in [9.17, 15) is 0 Å². The molecule has 1 aromatic heterocycles. The molecule has 1 saturated carbocycles. The van der Waals surface area contributed by atoms with E-state index in [-0.39, 0.29) is 0 Å². The first-order valence-electron chi connectivity index (χ1n) is 7.33. The molecule has 1 aliphatic carbocycles. The number of hydrogen-bond donors (Lipinski definition) is 1. The molecule has 1 aliphatic heterocycles. The van der Waals surface area contributed by atoms with Crippen molar-refractivity contribution in [3.05, 3.63) is 24.2 Å². The smallest absolute Gasteiger partial charge is 0.0950 e. The molecule has 18 heavy (non-hydrogen) atoms. The lowest BCUT2D eigenvalue weighted by atomic mass is 9.97. The molecule has 1 N–H and O–H groups in total. The molecule has 2 aliphatic rings. The number of nitrogens with one attached hydrogen (secondary N) is 1. The van der Waals surface area contributed by atoms with Gasteiger partial charge in [0.05, 0.1) is 12.5 Å². The Bertz CT molecular complexity index is 353. The van der Waals surface area contributed by atoms with Crippen LogP contribution in [0.2, 0.25) is 0 Å². The summed E-state index contributed by atoms with van der Waals surface area (Å²) >= 11 is 0. The van der Waals surface area contributed by atoms with E-state index >= 15 is 0 Å². The maximum atomic E-state index is 5.24. The fourth-order valence-electron chi connectivity index (χ4n) is 3.11. The van der Waals surface area contributed by atoms with E-state index < -0.39 is 0 Å². The van der Waals surface area contributed by atoms with Crippen LogP contribution in [0.1, 0.15) is 44.2 Å². The van der Waals surface area contributed by atoms with Crippen molar-refractivity contribution in [2.75, 3.05) is 19.6 Å². The third kappa shape index (κ3) is 2.78. The summed E-state index contributed by atoms with van der Waals surface area (Å²) in [5.74, 6) is 0.828. The van der Waals surface area contributed by atoms with Crippen molar-refractivity contribution in [1.82, 2.24) is 10.2 Å². The highest BCUT2D eigenvalue weighted by Gasteiger charge is 2.34. The van der Waals surface area contributed by atoms with Gasteiger partial charge in [0.25, 0.3) is 0 Å². The Kier molecular flexibility index (Phi) is 3.71. The summed E-state index contributed by atoms with van der Waals surface area (Å²) in [5.41, 5.74) is 1.32. The van der Waals surface area contributed by atoms with E-state index in [1.54, 1.807) is 6.26 Å². The van der Waals surface area contributed by atoms with Crippen LogP contribution < -0.4 is 5.32 Å². The summed E-state index contributed by atoms with van der Waals surface area (Å²) in [7, 11) is 0. The average molecular weight is 248 g/mol. The first-order valence-corrected chi connectivity index (χ1v) is 7.33. The van der Waals surface area contributed by atoms with Crippen LogP contribution in [0.25, 0.3) is 0 Å². The molecule has 2 heterocycles. The van der Waals surface area contributed by atoms with E-state index in [1.807, 2.05) is 6.26 Å². The molecule has 2 atom stereocenters. The Hall–Kier alpha value is -0.800. The molecule has 100 valence electrons. The second kappa shape index (κ2) is 5.45. The average Bonchev–Trinajstić information content (AvgIpc) is 3.10. The van der Waals surface area contributed by atoms with Gasteiger partial charge in [-0.15, -0.1) is 0 Å². The lowest BCUT2D eigenvalue weighted by Crippen LogP contribution is -2.40. The van der Waals surface area contributed by atoms with Gasteiger partial charge in [-0.3, -0.25) is 4.90 Å². The standard InChI is InChI=1S/C15H24N2O/c1-12(14-6-8-18-11-14)17(15-4-5-15)10-13-3-2-7-16-9-13/h6,8,11-13,15-16H,2-5,7,9-10H2,1H3. The molecular formula is C15H24N2O. The number of hydrogen-bond acceptors (Lipinski definition) is 3. The summed E-state index contributed by atoms with van der Waals surface area (Å²) in [6.07, 6.45) is 9.17. The molecular weight excluding hydrogens is 224 g/mol. The lowest BCUT2D eigenvalue weighted by molar-refractivity contribution is 0.153. The minimum Gasteiger partial charge on any atom is -0.472 e. The Morgan fingerprint density at radius 1 is 1.44 bits per heavy atom. The van der Waals surface area contributed by atoms with Crippen LogP contribution in [-0.4, -0.2) is 30.6 Å². The highest BCUT2D eigenvalue weighted by molar-refractivity contribution is 5.12. The van der Waals surface area contributed by atoms with Crippen LogP contribution in [0.5, 0.6) is 0 Å². The molecule has 1 aromatic rings. The summed E-state index contributed by atoms with van der Waals surface area (Å²) < 4.78 is 5.24. The molecule has 0 radical (unpaired) electrons. The molecule has 3 heteroatoms. The number of furan rings is 1. The van der Waals surface area contributed by atoms with Crippen molar-refractivity contribution in [3.8, 4) is 0 Å². The quantitative estimate of drug-likeness (QED) is 0.868. The van der Waals surface area contributed by atoms with Crippen molar-refractivity contribution in [1.29, 1.82) is 0 Å². The second-order valence-corrected chi connectivity index (χ2v) is 5.87. The molecule has 0 aromatic carbocycles.